The molecule has 0 radical (unpaired) electrons. The van der Waals surface area contributed by atoms with Crippen LogP contribution in [0.5, 0.6) is 0 Å². The van der Waals surface area contributed by atoms with Crippen molar-refractivity contribution in [1.82, 2.24) is 10.3 Å². The molecule has 0 bridgehead atoms. The van der Waals surface area contributed by atoms with E-state index < -0.39 is 0 Å². The number of thioether (sulfide) groups is 1. The highest BCUT2D eigenvalue weighted by Gasteiger charge is 2.13. The molecule has 2 heterocycles. The topological polar surface area (TPSA) is 28.2 Å². The molecule has 0 aliphatic carbocycles. The molecule has 100 valence electrons. The van der Waals surface area contributed by atoms with Crippen molar-refractivity contribution < 1.29 is 0 Å². The first-order chi connectivity index (χ1) is 8.66. The number of rotatable bonds is 4. The fourth-order valence-electron chi connectivity index (χ4n) is 2.05. The second-order valence-corrected chi connectivity index (χ2v) is 6.27. The van der Waals surface area contributed by atoms with Crippen molar-refractivity contribution in [3.8, 4) is 0 Å². The molecule has 18 heavy (non-hydrogen) atoms. The fourth-order valence-corrected chi connectivity index (χ4v) is 2.95. The van der Waals surface area contributed by atoms with E-state index in [1.54, 1.807) is 0 Å². The Balaban J connectivity index is 2.04. The van der Waals surface area contributed by atoms with Crippen LogP contribution in [0.2, 0.25) is 0 Å². The van der Waals surface area contributed by atoms with Gasteiger partial charge in [0.1, 0.15) is 5.82 Å². The molecule has 1 aromatic rings. The second kappa shape index (κ2) is 6.43. The van der Waals surface area contributed by atoms with E-state index in [2.05, 4.69) is 43.1 Å². The lowest BCUT2D eigenvalue weighted by atomic mass is 10.2. The maximum atomic E-state index is 4.75. The Morgan fingerprint density at radius 3 is 2.67 bits per heavy atom. The lowest BCUT2D eigenvalue weighted by Crippen LogP contribution is -2.33. The quantitative estimate of drug-likeness (QED) is 0.905. The minimum Gasteiger partial charge on any atom is -0.355 e. The standard InChI is InChI=1S/C14H23N3S/c1-11(2)15-10-13-4-5-14(16-12(13)3)17-6-8-18-9-7-17/h4-5,11,15H,6-10H2,1-3H3. The van der Waals surface area contributed by atoms with Crippen LogP contribution in [0.15, 0.2) is 12.1 Å². The molecule has 1 N–H and O–H groups in total. The molecule has 0 atom stereocenters. The Bertz CT molecular complexity index is 387. The van der Waals surface area contributed by atoms with E-state index in [1.807, 2.05) is 11.8 Å². The molecule has 1 aliphatic rings. The van der Waals surface area contributed by atoms with Crippen LogP contribution >= 0.6 is 11.8 Å². The van der Waals surface area contributed by atoms with E-state index in [0.29, 0.717) is 6.04 Å². The average Bonchev–Trinajstić information content (AvgIpc) is 2.38. The van der Waals surface area contributed by atoms with Crippen LogP contribution in [0.1, 0.15) is 25.1 Å². The Morgan fingerprint density at radius 1 is 1.33 bits per heavy atom. The van der Waals surface area contributed by atoms with Gasteiger partial charge in [0.15, 0.2) is 0 Å². The van der Waals surface area contributed by atoms with Crippen LogP contribution in [0.3, 0.4) is 0 Å². The van der Waals surface area contributed by atoms with Crippen LogP contribution in [-0.4, -0.2) is 35.6 Å². The highest BCUT2D eigenvalue weighted by Crippen LogP contribution is 2.19. The monoisotopic (exact) mass is 265 g/mol. The summed E-state index contributed by atoms with van der Waals surface area (Å²) in [6.07, 6.45) is 0. The van der Waals surface area contributed by atoms with E-state index >= 15 is 0 Å². The molecule has 1 aromatic heterocycles. The first-order valence-corrected chi connectivity index (χ1v) is 7.85. The van der Waals surface area contributed by atoms with Crippen molar-refractivity contribution in [2.75, 3.05) is 29.5 Å². The number of nitrogens with zero attached hydrogens (tertiary/aromatic N) is 2. The predicted molar refractivity (Wildman–Crippen MR) is 80.5 cm³/mol. The summed E-state index contributed by atoms with van der Waals surface area (Å²) in [7, 11) is 0. The van der Waals surface area contributed by atoms with Crippen molar-refractivity contribution in [1.29, 1.82) is 0 Å². The van der Waals surface area contributed by atoms with E-state index in [1.165, 1.54) is 17.1 Å². The summed E-state index contributed by atoms with van der Waals surface area (Å²) >= 11 is 2.03. The maximum absolute atomic E-state index is 4.75. The second-order valence-electron chi connectivity index (χ2n) is 5.05. The molecule has 1 aliphatic heterocycles. The lowest BCUT2D eigenvalue weighted by Gasteiger charge is -2.28. The van der Waals surface area contributed by atoms with E-state index in [9.17, 15) is 0 Å². The van der Waals surface area contributed by atoms with Crippen LogP contribution in [0.25, 0.3) is 0 Å². The van der Waals surface area contributed by atoms with Crippen molar-refractivity contribution >= 4 is 17.6 Å². The normalized spacial score (nSPS) is 16.3. The third-order valence-electron chi connectivity index (χ3n) is 3.22. The SMILES string of the molecule is Cc1nc(N2CCSCC2)ccc1CNC(C)C. The number of hydrogen-bond donors (Lipinski definition) is 1. The highest BCUT2D eigenvalue weighted by molar-refractivity contribution is 7.99. The predicted octanol–water partition coefficient (Wildman–Crippen LogP) is 2.44. The summed E-state index contributed by atoms with van der Waals surface area (Å²) in [4.78, 5) is 7.14. The Labute approximate surface area is 114 Å². The zero-order valence-corrected chi connectivity index (χ0v) is 12.4. The average molecular weight is 265 g/mol. The van der Waals surface area contributed by atoms with Crippen molar-refractivity contribution in [2.24, 2.45) is 0 Å². The van der Waals surface area contributed by atoms with Crippen LogP contribution in [0, 0.1) is 6.92 Å². The van der Waals surface area contributed by atoms with Gasteiger partial charge in [0, 0.05) is 42.9 Å². The summed E-state index contributed by atoms with van der Waals surface area (Å²) in [5.74, 6) is 3.58. The Hall–Kier alpha value is -0.740. The summed E-state index contributed by atoms with van der Waals surface area (Å²) < 4.78 is 0. The molecular formula is C14H23N3S. The van der Waals surface area contributed by atoms with E-state index in [4.69, 9.17) is 4.98 Å². The summed E-state index contributed by atoms with van der Waals surface area (Å²) in [6.45, 7) is 9.61. The van der Waals surface area contributed by atoms with Gasteiger partial charge in [0.05, 0.1) is 0 Å². The molecule has 3 nitrogen and oxygen atoms in total. The number of aryl methyl sites for hydroxylation is 1. The van der Waals surface area contributed by atoms with Gasteiger partial charge in [-0.1, -0.05) is 19.9 Å². The molecule has 4 heteroatoms. The van der Waals surface area contributed by atoms with Crippen molar-refractivity contribution in [2.45, 2.75) is 33.4 Å². The first kappa shape index (κ1) is 13.7. The molecular weight excluding hydrogens is 242 g/mol. The molecule has 2 rings (SSSR count). The Morgan fingerprint density at radius 2 is 2.06 bits per heavy atom. The largest absolute Gasteiger partial charge is 0.355 e. The smallest absolute Gasteiger partial charge is 0.128 e. The minimum atomic E-state index is 0.517. The van der Waals surface area contributed by atoms with Gasteiger partial charge in [0.2, 0.25) is 0 Å². The fraction of sp³-hybridized carbons (Fsp3) is 0.643. The summed E-state index contributed by atoms with van der Waals surface area (Å²) in [5.41, 5.74) is 2.46. The van der Waals surface area contributed by atoms with Crippen molar-refractivity contribution in [3.63, 3.8) is 0 Å². The lowest BCUT2D eigenvalue weighted by molar-refractivity contribution is 0.586. The minimum absolute atomic E-state index is 0.517. The highest BCUT2D eigenvalue weighted by atomic mass is 32.2. The molecule has 1 fully saturated rings. The molecule has 0 spiro atoms. The first-order valence-electron chi connectivity index (χ1n) is 6.69. The molecule has 0 amide bonds. The number of nitrogens with one attached hydrogen (secondary N) is 1. The molecule has 0 saturated carbocycles. The number of anilines is 1. The van der Waals surface area contributed by atoms with Gasteiger partial charge < -0.3 is 10.2 Å². The van der Waals surface area contributed by atoms with Gasteiger partial charge in [0.25, 0.3) is 0 Å². The number of aromatic nitrogens is 1. The van der Waals surface area contributed by atoms with E-state index in [0.717, 1.165) is 31.1 Å². The zero-order chi connectivity index (χ0) is 13.0. The van der Waals surface area contributed by atoms with Crippen LogP contribution < -0.4 is 10.2 Å². The molecule has 1 saturated heterocycles. The van der Waals surface area contributed by atoms with Crippen LogP contribution in [-0.2, 0) is 6.54 Å². The van der Waals surface area contributed by atoms with Gasteiger partial charge >= 0.3 is 0 Å². The molecule has 0 aromatic carbocycles. The van der Waals surface area contributed by atoms with Crippen molar-refractivity contribution in [3.05, 3.63) is 23.4 Å². The van der Waals surface area contributed by atoms with Crippen LogP contribution in [0.4, 0.5) is 5.82 Å². The maximum Gasteiger partial charge on any atom is 0.128 e. The van der Waals surface area contributed by atoms with Gasteiger partial charge in [-0.3, -0.25) is 0 Å². The third kappa shape index (κ3) is 3.62. The molecule has 0 unspecified atom stereocenters. The van der Waals surface area contributed by atoms with Gasteiger partial charge in [-0.15, -0.1) is 0 Å². The summed E-state index contributed by atoms with van der Waals surface area (Å²) in [5, 5.41) is 3.44. The van der Waals surface area contributed by atoms with Gasteiger partial charge in [-0.25, -0.2) is 4.98 Å². The van der Waals surface area contributed by atoms with E-state index in [-0.39, 0.29) is 0 Å². The van der Waals surface area contributed by atoms with Gasteiger partial charge in [-0.05, 0) is 18.6 Å². The van der Waals surface area contributed by atoms with Gasteiger partial charge in [-0.2, -0.15) is 11.8 Å². The zero-order valence-electron chi connectivity index (χ0n) is 11.6. The number of hydrogen-bond acceptors (Lipinski definition) is 4. The number of pyridine rings is 1. The third-order valence-corrected chi connectivity index (χ3v) is 4.16. The Kier molecular flexibility index (Phi) is 4.89. The summed E-state index contributed by atoms with van der Waals surface area (Å²) in [6, 6.07) is 4.90.